The highest BCUT2D eigenvalue weighted by Crippen LogP contribution is 2.34. The molecule has 0 aromatic carbocycles. The quantitative estimate of drug-likeness (QED) is 0.724. The number of nitrogens with zero attached hydrogens (tertiary/aromatic N) is 1. The third-order valence-electron chi connectivity index (χ3n) is 1.64. The van der Waals surface area contributed by atoms with E-state index in [1.54, 1.807) is 0 Å². The fraction of sp³-hybridized carbons (Fsp3) is 0.375. The zero-order chi connectivity index (χ0) is 11.6. The lowest BCUT2D eigenvalue weighted by Gasteiger charge is -2.10. The molecule has 0 aliphatic carbocycles. The van der Waals surface area contributed by atoms with Gasteiger partial charge in [-0.2, -0.15) is 13.2 Å². The van der Waals surface area contributed by atoms with Gasteiger partial charge in [-0.15, -0.1) is 0 Å². The molecule has 0 saturated carbocycles. The molecule has 1 aromatic heterocycles. The number of halogens is 5. The van der Waals surface area contributed by atoms with Crippen LogP contribution in [0, 0.1) is 0 Å². The Hall–Kier alpha value is -1.40. The first kappa shape index (κ1) is 11.7. The molecule has 15 heavy (non-hydrogen) atoms. The van der Waals surface area contributed by atoms with Crippen molar-refractivity contribution in [3.63, 3.8) is 0 Å². The van der Waals surface area contributed by atoms with Gasteiger partial charge in [0.15, 0.2) is 0 Å². The molecule has 1 aromatic rings. The Morgan fingerprint density at radius 1 is 1.33 bits per heavy atom. The SMILES string of the molecule is COc1cc(C(F)(F)F)cnc1C(F)F. The van der Waals surface area contributed by atoms with E-state index in [2.05, 4.69) is 9.72 Å². The molecule has 1 rings (SSSR count). The molecular weight excluding hydrogens is 221 g/mol. The molecule has 0 saturated heterocycles. The van der Waals surface area contributed by atoms with Gasteiger partial charge in [0, 0.05) is 6.20 Å². The summed E-state index contributed by atoms with van der Waals surface area (Å²) in [5, 5.41) is 0. The molecule has 0 aliphatic rings. The molecule has 7 heteroatoms. The predicted molar refractivity (Wildman–Crippen MR) is 40.7 cm³/mol. The molecule has 84 valence electrons. The van der Waals surface area contributed by atoms with E-state index in [9.17, 15) is 22.0 Å². The third-order valence-corrected chi connectivity index (χ3v) is 1.64. The Morgan fingerprint density at radius 3 is 2.33 bits per heavy atom. The molecule has 0 N–H and O–H groups in total. The molecule has 0 spiro atoms. The number of hydrogen-bond acceptors (Lipinski definition) is 2. The van der Waals surface area contributed by atoms with Gasteiger partial charge in [-0.1, -0.05) is 0 Å². The van der Waals surface area contributed by atoms with Crippen molar-refractivity contribution in [3.8, 4) is 5.75 Å². The molecular formula is C8H6F5NO. The second-order valence-corrected chi connectivity index (χ2v) is 2.61. The molecule has 0 bridgehead atoms. The molecule has 1 heterocycles. The van der Waals surface area contributed by atoms with Gasteiger partial charge < -0.3 is 4.74 Å². The van der Waals surface area contributed by atoms with Crippen molar-refractivity contribution in [2.45, 2.75) is 12.6 Å². The van der Waals surface area contributed by atoms with Crippen LogP contribution in [0.15, 0.2) is 12.3 Å². The van der Waals surface area contributed by atoms with Gasteiger partial charge >= 0.3 is 6.18 Å². The maximum Gasteiger partial charge on any atom is 0.418 e. The molecule has 0 radical (unpaired) electrons. The largest absolute Gasteiger partial charge is 0.495 e. The molecule has 0 aliphatic heterocycles. The fourth-order valence-electron chi connectivity index (χ4n) is 0.938. The van der Waals surface area contributed by atoms with Gasteiger partial charge in [0.05, 0.1) is 12.7 Å². The minimum absolute atomic E-state index is 0.351. The van der Waals surface area contributed by atoms with Gasteiger partial charge in [-0.05, 0) is 6.07 Å². The Morgan fingerprint density at radius 2 is 1.93 bits per heavy atom. The van der Waals surface area contributed by atoms with E-state index in [0.29, 0.717) is 12.3 Å². The van der Waals surface area contributed by atoms with E-state index in [4.69, 9.17) is 0 Å². The van der Waals surface area contributed by atoms with Gasteiger partial charge in [0.25, 0.3) is 6.43 Å². The fourth-order valence-corrected chi connectivity index (χ4v) is 0.938. The minimum atomic E-state index is -4.62. The van der Waals surface area contributed by atoms with Crippen molar-refractivity contribution < 1.29 is 26.7 Å². The predicted octanol–water partition coefficient (Wildman–Crippen LogP) is 3.05. The molecule has 0 unspecified atom stereocenters. The Labute approximate surface area is 81.7 Å². The van der Waals surface area contributed by atoms with Crippen molar-refractivity contribution in [1.82, 2.24) is 4.98 Å². The van der Waals surface area contributed by atoms with Crippen molar-refractivity contribution in [2.24, 2.45) is 0 Å². The van der Waals surface area contributed by atoms with Crippen molar-refractivity contribution in [2.75, 3.05) is 7.11 Å². The first-order valence-corrected chi connectivity index (χ1v) is 3.75. The minimum Gasteiger partial charge on any atom is -0.495 e. The second-order valence-electron chi connectivity index (χ2n) is 2.61. The number of aromatic nitrogens is 1. The smallest absolute Gasteiger partial charge is 0.418 e. The van der Waals surface area contributed by atoms with Crippen LogP contribution in [0.1, 0.15) is 17.7 Å². The first-order valence-electron chi connectivity index (χ1n) is 3.75. The zero-order valence-corrected chi connectivity index (χ0v) is 7.48. The van der Waals surface area contributed by atoms with Crippen LogP contribution >= 0.6 is 0 Å². The Balaban J connectivity index is 3.19. The molecule has 0 fully saturated rings. The normalized spacial score (nSPS) is 11.9. The van der Waals surface area contributed by atoms with Crippen LogP contribution in [0.2, 0.25) is 0 Å². The van der Waals surface area contributed by atoms with E-state index < -0.39 is 29.6 Å². The van der Waals surface area contributed by atoms with Gasteiger partial charge in [0.1, 0.15) is 11.4 Å². The van der Waals surface area contributed by atoms with Gasteiger partial charge in [-0.3, -0.25) is 4.98 Å². The highest BCUT2D eigenvalue weighted by Gasteiger charge is 2.32. The van der Waals surface area contributed by atoms with Crippen LogP contribution in [0.5, 0.6) is 5.75 Å². The summed E-state index contributed by atoms with van der Waals surface area (Å²) < 4.78 is 65.3. The highest BCUT2D eigenvalue weighted by atomic mass is 19.4. The van der Waals surface area contributed by atoms with Gasteiger partial charge in [-0.25, -0.2) is 8.78 Å². The zero-order valence-electron chi connectivity index (χ0n) is 7.48. The summed E-state index contributed by atoms with van der Waals surface area (Å²) in [7, 11) is 1.00. The van der Waals surface area contributed by atoms with E-state index in [0.717, 1.165) is 7.11 Å². The highest BCUT2D eigenvalue weighted by molar-refractivity contribution is 5.33. The average Bonchev–Trinajstić information content (AvgIpc) is 2.15. The summed E-state index contributed by atoms with van der Waals surface area (Å²) in [5.74, 6) is -0.570. The average molecular weight is 227 g/mol. The van der Waals surface area contributed by atoms with E-state index in [1.807, 2.05) is 0 Å². The number of ether oxygens (including phenoxy) is 1. The number of rotatable bonds is 2. The topological polar surface area (TPSA) is 22.1 Å². The van der Waals surface area contributed by atoms with E-state index in [1.165, 1.54) is 0 Å². The van der Waals surface area contributed by atoms with Crippen LogP contribution in [0.3, 0.4) is 0 Å². The monoisotopic (exact) mass is 227 g/mol. The number of pyridine rings is 1. The van der Waals surface area contributed by atoms with Crippen molar-refractivity contribution in [3.05, 3.63) is 23.5 Å². The van der Waals surface area contributed by atoms with E-state index in [-0.39, 0.29) is 0 Å². The Bertz CT molecular complexity index is 349. The van der Waals surface area contributed by atoms with Crippen LogP contribution in [0.25, 0.3) is 0 Å². The maximum atomic E-state index is 12.2. The molecule has 0 atom stereocenters. The lowest BCUT2D eigenvalue weighted by Crippen LogP contribution is -2.07. The van der Waals surface area contributed by atoms with Crippen molar-refractivity contribution in [1.29, 1.82) is 0 Å². The summed E-state index contributed by atoms with van der Waals surface area (Å²) in [6.45, 7) is 0. The Kier molecular flexibility index (Phi) is 3.11. The number of hydrogen-bond donors (Lipinski definition) is 0. The lowest BCUT2D eigenvalue weighted by molar-refractivity contribution is -0.138. The standard InChI is InChI=1S/C8H6F5NO/c1-15-5-2-4(8(11,12)13)3-14-6(5)7(9)10/h2-3,7H,1H3. The van der Waals surface area contributed by atoms with Crippen LogP contribution < -0.4 is 4.74 Å². The summed E-state index contributed by atoms with van der Waals surface area (Å²) in [4.78, 5) is 3.02. The molecule has 0 amide bonds. The number of alkyl halides is 5. The number of methoxy groups -OCH3 is 1. The van der Waals surface area contributed by atoms with Crippen LogP contribution in [0.4, 0.5) is 22.0 Å². The summed E-state index contributed by atoms with van der Waals surface area (Å²) in [6, 6.07) is 0.495. The maximum absolute atomic E-state index is 12.2. The van der Waals surface area contributed by atoms with Crippen molar-refractivity contribution >= 4 is 0 Å². The second kappa shape index (κ2) is 4.00. The lowest BCUT2D eigenvalue weighted by atomic mass is 10.2. The van der Waals surface area contributed by atoms with Crippen LogP contribution in [-0.2, 0) is 6.18 Å². The summed E-state index contributed by atoms with van der Waals surface area (Å²) in [5.41, 5.74) is -1.92. The molecule has 2 nitrogen and oxygen atoms in total. The van der Waals surface area contributed by atoms with Gasteiger partial charge in [0.2, 0.25) is 0 Å². The third kappa shape index (κ3) is 2.54. The van der Waals surface area contributed by atoms with E-state index >= 15 is 0 Å². The first-order chi connectivity index (χ1) is 6.86. The van der Waals surface area contributed by atoms with Crippen LogP contribution in [-0.4, -0.2) is 12.1 Å². The summed E-state index contributed by atoms with van der Waals surface area (Å²) >= 11 is 0. The summed E-state index contributed by atoms with van der Waals surface area (Å²) in [6.07, 6.45) is -7.24.